The Bertz CT molecular complexity index is 664. The standard InChI is InChI=1S/C14H14BrN3O2S/c1-2-21-12-5-3-4-11(13(12)14(16)18-19)20-10-6-9(15)7-17-8-10/h3-8,19H,2H2,1H3,(H2,16,18). The molecule has 7 heteroatoms. The molecule has 0 atom stereocenters. The zero-order valence-corrected chi connectivity index (χ0v) is 13.7. The minimum Gasteiger partial charge on any atom is -0.455 e. The van der Waals surface area contributed by atoms with Crippen molar-refractivity contribution in [2.45, 2.75) is 11.8 Å². The van der Waals surface area contributed by atoms with Crippen LogP contribution >= 0.6 is 27.7 Å². The number of oxime groups is 1. The number of thioether (sulfide) groups is 1. The van der Waals surface area contributed by atoms with Crippen LogP contribution in [0.2, 0.25) is 0 Å². The highest BCUT2D eigenvalue weighted by atomic mass is 79.9. The molecule has 2 aromatic rings. The third-order valence-corrected chi connectivity index (χ3v) is 3.93. The average molecular weight is 368 g/mol. The lowest BCUT2D eigenvalue weighted by atomic mass is 10.2. The van der Waals surface area contributed by atoms with Gasteiger partial charge >= 0.3 is 0 Å². The van der Waals surface area contributed by atoms with Crippen LogP contribution in [0, 0.1) is 0 Å². The first-order valence-electron chi connectivity index (χ1n) is 6.17. The smallest absolute Gasteiger partial charge is 0.175 e. The van der Waals surface area contributed by atoms with E-state index in [2.05, 4.69) is 26.1 Å². The van der Waals surface area contributed by atoms with E-state index in [4.69, 9.17) is 15.7 Å². The molecule has 1 aromatic heterocycles. The number of hydrogen-bond acceptors (Lipinski definition) is 5. The number of amidine groups is 1. The van der Waals surface area contributed by atoms with Gasteiger partial charge in [0.05, 0.1) is 11.8 Å². The van der Waals surface area contributed by atoms with Crippen LogP contribution in [-0.2, 0) is 0 Å². The number of nitrogens with two attached hydrogens (primary N) is 1. The van der Waals surface area contributed by atoms with Crippen molar-refractivity contribution in [1.82, 2.24) is 4.98 Å². The Morgan fingerprint density at radius 1 is 1.48 bits per heavy atom. The summed E-state index contributed by atoms with van der Waals surface area (Å²) in [6.07, 6.45) is 3.27. The molecule has 0 bridgehead atoms. The molecule has 5 nitrogen and oxygen atoms in total. The van der Waals surface area contributed by atoms with E-state index in [9.17, 15) is 0 Å². The molecule has 0 radical (unpaired) electrons. The highest BCUT2D eigenvalue weighted by Crippen LogP contribution is 2.33. The molecule has 1 aromatic carbocycles. The SMILES string of the molecule is CCSc1cccc(Oc2cncc(Br)c2)c1/C(N)=N/O. The van der Waals surface area contributed by atoms with Crippen molar-refractivity contribution in [2.24, 2.45) is 10.9 Å². The number of halogens is 1. The Morgan fingerprint density at radius 3 is 2.95 bits per heavy atom. The van der Waals surface area contributed by atoms with E-state index in [0.29, 0.717) is 17.1 Å². The number of aromatic nitrogens is 1. The zero-order valence-electron chi connectivity index (χ0n) is 11.3. The average Bonchev–Trinajstić information content (AvgIpc) is 2.47. The lowest BCUT2D eigenvalue weighted by Gasteiger charge is -2.13. The third kappa shape index (κ3) is 3.89. The zero-order chi connectivity index (χ0) is 15.2. The Balaban J connectivity index is 2.45. The summed E-state index contributed by atoms with van der Waals surface area (Å²) in [4.78, 5) is 4.94. The van der Waals surface area contributed by atoms with Crippen molar-refractivity contribution in [3.63, 3.8) is 0 Å². The monoisotopic (exact) mass is 367 g/mol. The molecule has 21 heavy (non-hydrogen) atoms. The first-order chi connectivity index (χ1) is 10.2. The molecule has 0 saturated heterocycles. The maximum Gasteiger partial charge on any atom is 0.175 e. The number of ether oxygens (including phenoxy) is 1. The molecule has 0 fully saturated rings. The van der Waals surface area contributed by atoms with E-state index >= 15 is 0 Å². The van der Waals surface area contributed by atoms with Crippen LogP contribution in [0.25, 0.3) is 0 Å². The summed E-state index contributed by atoms with van der Waals surface area (Å²) >= 11 is 4.94. The van der Waals surface area contributed by atoms with Gasteiger partial charge in [0.15, 0.2) is 5.84 Å². The van der Waals surface area contributed by atoms with Crippen molar-refractivity contribution in [3.8, 4) is 11.5 Å². The number of pyridine rings is 1. The van der Waals surface area contributed by atoms with Crippen LogP contribution in [0.5, 0.6) is 11.5 Å². The number of rotatable bonds is 5. The molecular formula is C14H14BrN3O2S. The Kier molecular flexibility index (Phi) is 5.46. The quantitative estimate of drug-likeness (QED) is 0.276. The van der Waals surface area contributed by atoms with Gasteiger partial charge in [0, 0.05) is 15.6 Å². The van der Waals surface area contributed by atoms with E-state index in [1.165, 1.54) is 0 Å². The summed E-state index contributed by atoms with van der Waals surface area (Å²) < 4.78 is 6.63. The fourth-order valence-corrected chi connectivity index (χ4v) is 2.93. The van der Waals surface area contributed by atoms with Crippen molar-refractivity contribution in [1.29, 1.82) is 0 Å². The Morgan fingerprint density at radius 2 is 2.29 bits per heavy atom. The number of hydrogen-bond donors (Lipinski definition) is 2. The summed E-state index contributed by atoms with van der Waals surface area (Å²) in [5, 5.41) is 12.1. The van der Waals surface area contributed by atoms with Crippen LogP contribution in [0.4, 0.5) is 0 Å². The van der Waals surface area contributed by atoms with Crippen molar-refractivity contribution >= 4 is 33.5 Å². The fourth-order valence-electron chi connectivity index (χ4n) is 1.75. The highest BCUT2D eigenvalue weighted by molar-refractivity contribution is 9.10. The molecule has 110 valence electrons. The number of benzene rings is 1. The highest BCUT2D eigenvalue weighted by Gasteiger charge is 2.15. The molecule has 0 unspecified atom stereocenters. The predicted molar refractivity (Wildman–Crippen MR) is 87.4 cm³/mol. The van der Waals surface area contributed by atoms with Gasteiger partial charge in [-0.15, -0.1) is 11.8 Å². The van der Waals surface area contributed by atoms with E-state index in [-0.39, 0.29) is 5.84 Å². The summed E-state index contributed by atoms with van der Waals surface area (Å²) in [5.74, 6) is 1.97. The molecule has 0 aliphatic carbocycles. The Labute approximate surface area is 135 Å². The minimum atomic E-state index is 0.0181. The van der Waals surface area contributed by atoms with Gasteiger partial charge in [-0.2, -0.15) is 0 Å². The molecule has 0 aliphatic rings. The van der Waals surface area contributed by atoms with Crippen LogP contribution in [-0.4, -0.2) is 21.8 Å². The van der Waals surface area contributed by atoms with Gasteiger partial charge in [-0.05, 0) is 39.9 Å². The maximum absolute atomic E-state index is 8.99. The maximum atomic E-state index is 8.99. The molecule has 3 N–H and O–H groups in total. The van der Waals surface area contributed by atoms with E-state index in [0.717, 1.165) is 15.1 Å². The van der Waals surface area contributed by atoms with Gasteiger partial charge < -0.3 is 15.7 Å². The lowest BCUT2D eigenvalue weighted by Crippen LogP contribution is -2.15. The molecule has 2 rings (SSSR count). The second-order valence-corrected chi connectivity index (χ2v) is 6.21. The van der Waals surface area contributed by atoms with Crippen molar-refractivity contribution < 1.29 is 9.94 Å². The van der Waals surface area contributed by atoms with Gasteiger partial charge in [0.2, 0.25) is 0 Å². The largest absolute Gasteiger partial charge is 0.455 e. The topological polar surface area (TPSA) is 80.7 Å². The second kappa shape index (κ2) is 7.33. The first-order valence-corrected chi connectivity index (χ1v) is 7.95. The van der Waals surface area contributed by atoms with Crippen LogP contribution < -0.4 is 10.5 Å². The normalized spacial score (nSPS) is 11.4. The summed E-state index contributed by atoms with van der Waals surface area (Å²) in [5.41, 5.74) is 6.37. The van der Waals surface area contributed by atoms with E-state index in [1.807, 2.05) is 19.1 Å². The van der Waals surface area contributed by atoms with Gasteiger partial charge in [0.1, 0.15) is 11.5 Å². The van der Waals surface area contributed by atoms with E-state index < -0.39 is 0 Å². The predicted octanol–water partition coefficient (Wildman–Crippen LogP) is 3.84. The minimum absolute atomic E-state index is 0.0181. The molecule has 0 amide bonds. The van der Waals surface area contributed by atoms with Crippen molar-refractivity contribution in [3.05, 3.63) is 46.7 Å². The number of nitrogens with zero attached hydrogens (tertiary/aromatic N) is 2. The fraction of sp³-hybridized carbons (Fsp3) is 0.143. The van der Waals surface area contributed by atoms with Crippen molar-refractivity contribution in [2.75, 3.05) is 5.75 Å². The molecule has 0 saturated carbocycles. The molecule has 0 aliphatic heterocycles. The van der Waals surface area contributed by atoms with E-state index in [1.54, 1.807) is 36.3 Å². The summed E-state index contributed by atoms with van der Waals surface area (Å²) in [6.45, 7) is 2.03. The van der Waals surface area contributed by atoms with Gasteiger partial charge in [-0.3, -0.25) is 4.98 Å². The van der Waals surface area contributed by atoms with Gasteiger partial charge in [-0.1, -0.05) is 18.1 Å². The molecule has 1 heterocycles. The first kappa shape index (κ1) is 15.7. The Hall–Kier alpha value is -1.73. The molecular weight excluding hydrogens is 354 g/mol. The second-order valence-electron chi connectivity index (χ2n) is 3.99. The molecule has 0 spiro atoms. The van der Waals surface area contributed by atoms with Crippen LogP contribution in [0.3, 0.4) is 0 Å². The third-order valence-electron chi connectivity index (χ3n) is 2.56. The van der Waals surface area contributed by atoms with Gasteiger partial charge in [0.25, 0.3) is 0 Å². The lowest BCUT2D eigenvalue weighted by molar-refractivity contribution is 0.318. The summed E-state index contributed by atoms with van der Waals surface area (Å²) in [6, 6.07) is 7.34. The van der Waals surface area contributed by atoms with Crippen LogP contribution in [0.1, 0.15) is 12.5 Å². The van der Waals surface area contributed by atoms with Crippen LogP contribution in [0.15, 0.2) is 51.2 Å². The van der Waals surface area contributed by atoms with Gasteiger partial charge in [-0.25, -0.2) is 0 Å². The summed E-state index contributed by atoms with van der Waals surface area (Å²) in [7, 11) is 0.